The molecule has 1 aliphatic heterocycles. The Kier molecular flexibility index (Phi) is 6.57. The van der Waals surface area contributed by atoms with Gasteiger partial charge in [0.25, 0.3) is 5.91 Å². The second-order valence-electron chi connectivity index (χ2n) is 5.84. The Bertz CT molecular complexity index is 773. The lowest BCUT2D eigenvalue weighted by molar-refractivity contribution is -0.142. The van der Waals surface area contributed by atoms with Crippen LogP contribution < -0.4 is 14.8 Å². The summed E-state index contributed by atoms with van der Waals surface area (Å²) in [5.74, 6) is -2.11. The number of rotatable bonds is 7. The van der Waals surface area contributed by atoms with Gasteiger partial charge in [-0.25, -0.2) is 17.9 Å². The maximum absolute atomic E-state index is 12.5. The first-order chi connectivity index (χ1) is 12.3. The number of hydrogen-bond acceptors (Lipinski definition) is 6. The lowest BCUT2D eigenvalue weighted by Gasteiger charge is -2.28. The van der Waals surface area contributed by atoms with Gasteiger partial charge in [0.05, 0.1) is 13.7 Å². The van der Waals surface area contributed by atoms with Gasteiger partial charge in [-0.05, 0) is 38.1 Å². The number of nitrogens with one attached hydrogen (secondary N) is 2. The molecule has 2 rings (SSSR count). The van der Waals surface area contributed by atoms with E-state index in [2.05, 4.69) is 10.0 Å². The van der Waals surface area contributed by atoms with Crippen LogP contribution in [0.4, 0.5) is 0 Å². The lowest BCUT2D eigenvalue weighted by atomic mass is 9.93. The zero-order chi connectivity index (χ0) is 19.3. The van der Waals surface area contributed by atoms with Gasteiger partial charge >= 0.3 is 5.97 Å². The second-order valence-corrected chi connectivity index (χ2v) is 7.69. The van der Waals surface area contributed by atoms with Gasteiger partial charge in [0.15, 0.2) is 0 Å². The highest BCUT2D eigenvalue weighted by molar-refractivity contribution is 7.89. The van der Waals surface area contributed by atoms with Crippen LogP contribution in [0.25, 0.3) is 0 Å². The van der Waals surface area contributed by atoms with Crippen LogP contribution >= 0.6 is 0 Å². The standard InChI is InChI=1S/C16H22N2O7S/c1-17-26(22,23)13-8-10(5-6-12(13)24-2)15(19)18-14(16(20)21)11-4-3-7-25-9-11/h5-6,8,11,14,17H,3-4,7,9H2,1-2H3,(H,18,19)(H,20,21). The number of aliphatic carboxylic acids is 1. The molecule has 10 heteroatoms. The number of carboxylic acids is 1. The monoisotopic (exact) mass is 386 g/mol. The fourth-order valence-electron chi connectivity index (χ4n) is 2.77. The van der Waals surface area contributed by atoms with Gasteiger partial charge in [-0.3, -0.25) is 4.79 Å². The minimum atomic E-state index is -3.85. The molecule has 0 spiro atoms. The molecule has 26 heavy (non-hydrogen) atoms. The molecular formula is C16H22N2O7S. The van der Waals surface area contributed by atoms with Crippen molar-refractivity contribution in [2.24, 2.45) is 5.92 Å². The first-order valence-corrected chi connectivity index (χ1v) is 9.51. The van der Waals surface area contributed by atoms with Crippen LogP contribution in [0.1, 0.15) is 23.2 Å². The molecule has 1 aromatic rings. The SMILES string of the molecule is CNS(=O)(=O)c1cc(C(=O)NC(C(=O)O)C2CCCOC2)ccc1OC. The Morgan fingerprint density at radius 1 is 1.38 bits per heavy atom. The van der Waals surface area contributed by atoms with Crippen molar-refractivity contribution in [3.05, 3.63) is 23.8 Å². The van der Waals surface area contributed by atoms with Gasteiger partial charge in [0.2, 0.25) is 10.0 Å². The van der Waals surface area contributed by atoms with Crippen LogP contribution in [0, 0.1) is 5.92 Å². The zero-order valence-electron chi connectivity index (χ0n) is 14.5. The predicted molar refractivity (Wildman–Crippen MR) is 91.7 cm³/mol. The Labute approximate surface area is 151 Å². The summed E-state index contributed by atoms with van der Waals surface area (Å²) < 4.78 is 36.7. The molecule has 1 amide bonds. The number of benzene rings is 1. The topological polar surface area (TPSA) is 131 Å². The van der Waals surface area contributed by atoms with Crippen molar-refractivity contribution in [3.63, 3.8) is 0 Å². The Balaban J connectivity index is 2.28. The first-order valence-electron chi connectivity index (χ1n) is 8.03. The molecule has 1 heterocycles. The molecule has 1 saturated heterocycles. The number of hydrogen-bond donors (Lipinski definition) is 3. The third-order valence-corrected chi connectivity index (χ3v) is 5.64. The van der Waals surface area contributed by atoms with Crippen molar-refractivity contribution >= 4 is 21.9 Å². The van der Waals surface area contributed by atoms with Crippen molar-refractivity contribution in [1.82, 2.24) is 10.0 Å². The summed E-state index contributed by atoms with van der Waals surface area (Å²) in [6.45, 7) is 0.819. The molecular weight excluding hydrogens is 364 g/mol. The van der Waals surface area contributed by atoms with E-state index in [1.807, 2.05) is 0 Å². The van der Waals surface area contributed by atoms with Crippen LogP contribution in [0.15, 0.2) is 23.1 Å². The van der Waals surface area contributed by atoms with Gasteiger partial charge in [0, 0.05) is 18.1 Å². The fourth-order valence-corrected chi connectivity index (χ4v) is 3.69. The molecule has 9 nitrogen and oxygen atoms in total. The first kappa shape index (κ1) is 20.1. The molecule has 3 N–H and O–H groups in total. The molecule has 144 valence electrons. The number of ether oxygens (including phenoxy) is 2. The van der Waals surface area contributed by atoms with E-state index in [0.29, 0.717) is 13.0 Å². The number of amides is 1. The minimum Gasteiger partial charge on any atom is -0.495 e. The van der Waals surface area contributed by atoms with Crippen molar-refractivity contribution in [1.29, 1.82) is 0 Å². The zero-order valence-corrected chi connectivity index (χ0v) is 15.3. The summed E-state index contributed by atoms with van der Waals surface area (Å²) in [6, 6.07) is 2.75. The summed E-state index contributed by atoms with van der Waals surface area (Å²) in [6.07, 6.45) is 1.34. The second kappa shape index (κ2) is 8.47. The van der Waals surface area contributed by atoms with Gasteiger partial charge < -0.3 is 19.9 Å². The van der Waals surface area contributed by atoms with Crippen molar-refractivity contribution in [2.75, 3.05) is 27.4 Å². The van der Waals surface area contributed by atoms with Crippen molar-refractivity contribution < 1.29 is 32.6 Å². The average Bonchev–Trinajstić information content (AvgIpc) is 2.65. The molecule has 0 saturated carbocycles. The Morgan fingerprint density at radius 3 is 2.65 bits per heavy atom. The molecule has 2 atom stereocenters. The van der Waals surface area contributed by atoms with Crippen molar-refractivity contribution in [2.45, 2.75) is 23.8 Å². The minimum absolute atomic E-state index is 0.0163. The predicted octanol–water partition coefficient (Wildman–Crippen LogP) is 0.213. The smallest absolute Gasteiger partial charge is 0.326 e. The highest BCUT2D eigenvalue weighted by Gasteiger charge is 2.32. The van der Waals surface area contributed by atoms with E-state index in [1.54, 1.807) is 0 Å². The van der Waals surface area contributed by atoms with Gasteiger partial charge in [0.1, 0.15) is 16.7 Å². The lowest BCUT2D eigenvalue weighted by Crippen LogP contribution is -2.48. The maximum atomic E-state index is 12.5. The number of carbonyl (C=O) groups excluding carboxylic acids is 1. The van der Waals surface area contributed by atoms with E-state index in [-0.39, 0.29) is 28.7 Å². The largest absolute Gasteiger partial charge is 0.495 e. The molecule has 0 bridgehead atoms. The van der Waals surface area contributed by atoms with Crippen molar-refractivity contribution in [3.8, 4) is 5.75 Å². The third-order valence-electron chi connectivity index (χ3n) is 4.20. The maximum Gasteiger partial charge on any atom is 0.326 e. The number of carboxylic acid groups (broad SMARTS) is 1. The summed E-state index contributed by atoms with van der Waals surface area (Å²) >= 11 is 0. The van der Waals surface area contributed by atoms with Crippen LogP contribution in [0.5, 0.6) is 5.75 Å². The van der Waals surface area contributed by atoms with Crippen LogP contribution in [-0.4, -0.2) is 58.8 Å². The van der Waals surface area contributed by atoms with Gasteiger partial charge in [-0.1, -0.05) is 0 Å². The molecule has 1 aromatic carbocycles. The van der Waals surface area contributed by atoms with E-state index in [4.69, 9.17) is 9.47 Å². The summed E-state index contributed by atoms with van der Waals surface area (Å²) in [7, 11) is -1.30. The number of sulfonamides is 1. The molecule has 2 unspecified atom stereocenters. The summed E-state index contributed by atoms with van der Waals surface area (Å²) in [4.78, 5) is 23.8. The molecule has 0 radical (unpaired) electrons. The van der Waals surface area contributed by atoms with Crippen LogP contribution in [-0.2, 0) is 19.6 Å². The van der Waals surface area contributed by atoms with Gasteiger partial charge in [-0.2, -0.15) is 0 Å². The third kappa shape index (κ3) is 4.51. The number of carbonyl (C=O) groups is 2. The van der Waals surface area contributed by atoms with Gasteiger partial charge in [-0.15, -0.1) is 0 Å². The quantitative estimate of drug-likeness (QED) is 0.610. The highest BCUT2D eigenvalue weighted by atomic mass is 32.2. The fraction of sp³-hybridized carbons (Fsp3) is 0.500. The number of methoxy groups -OCH3 is 1. The Hall–Kier alpha value is -2.17. The molecule has 1 fully saturated rings. The van der Waals surface area contributed by atoms with E-state index < -0.39 is 27.9 Å². The van der Waals surface area contributed by atoms with Crippen LogP contribution in [0.3, 0.4) is 0 Å². The summed E-state index contributed by atoms with van der Waals surface area (Å²) in [5.41, 5.74) is 0.0163. The normalized spacial score (nSPS) is 18.8. The van der Waals surface area contributed by atoms with E-state index in [0.717, 1.165) is 12.5 Å². The highest BCUT2D eigenvalue weighted by Crippen LogP contribution is 2.25. The summed E-state index contributed by atoms with van der Waals surface area (Å²) in [5, 5.41) is 11.9. The average molecular weight is 386 g/mol. The Morgan fingerprint density at radius 2 is 2.12 bits per heavy atom. The molecule has 1 aliphatic rings. The van der Waals surface area contributed by atoms with E-state index >= 15 is 0 Å². The van der Waals surface area contributed by atoms with E-state index in [9.17, 15) is 23.1 Å². The molecule has 0 aromatic heterocycles. The molecule has 0 aliphatic carbocycles. The van der Waals surface area contributed by atoms with Crippen LogP contribution in [0.2, 0.25) is 0 Å². The van der Waals surface area contributed by atoms with E-state index in [1.165, 1.54) is 26.3 Å².